The molecule has 0 saturated carbocycles. The fourth-order valence-corrected chi connectivity index (χ4v) is 5.78. The van der Waals surface area contributed by atoms with Gasteiger partial charge >= 0.3 is 0 Å². The molecule has 1 aromatic carbocycles. The number of anilines is 1. The van der Waals surface area contributed by atoms with Crippen molar-refractivity contribution in [3.63, 3.8) is 0 Å². The van der Waals surface area contributed by atoms with E-state index in [0.717, 1.165) is 4.90 Å². The third-order valence-electron chi connectivity index (χ3n) is 4.68. The lowest BCUT2D eigenvalue weighted by molar-refractivity contribution is -0.895. The number of carbonyl (C=O) groups is 1. The molecule has 0 atom stereocenters. The topological polar surface area (TPSA) is 62.1 Å². The Morgan fingerprint density at radius 2 is 1.89 bits per heavy atom. The molecule has 1 aliphatic rings. The summed E-state index contributed by atoms with van der Waals surface area (Å²) >= 11 is 1.22. The lowest BCUT2D eigenvalue weighted by Crippen LogP contribution is -3.15. The Labute approximate surface area is 162 Å². The van der Waals surface area contributed by atoms with Gasteiger partial charge < -0.3 is 9.80 Å². The second-order valence-corrected chi connectivity index (χ2v) is 9.49. The van der Waals surface area contributed by atoms with Crippen LogP contribution in [0, 0.1) is 5.82 Å². The minimum absolute atomic E-state index is 0.0475. The number of hydrogen-bond acceptors (Lipinski definition) is 4. The summed E-state index contributed by atoms with van der Waals surface area (Å²) in [4.78, 5) is 15.4. The Morgan fingerprint density at radius 1 is 1.22 bits per heavy atom. The first kappa shape index (κ1) is 19.9. The zero-order valence-electron chi connectivity index (χ0n) is 15.1. The number of halogens is 1. The molecule has 6 nitrogen and oxygen atoms in total. The van der Waals surface area contributed by atoms with Crippen LogP contribution in [0.5, 0.6) is 0 Å². The van der Waals surface area contributed by atoms with Crippen LogP contribution >= 0.6 is 11.3 Å². The van der Waals surface area contributed by atoms with Gasteiger partial charge in [-0.1, -0.05) is 6.07 Å². The van der Waals surface area contributed by atoms with Crippen LogP contribution < -0.4 is 9.80 Å². The van der Waals surface area contributed by atoms with Gasteiger partial charge in [-0.25, -0.2) is 12.8 Å². The van der Waals surface area contributed by atoms with Crippen LogP contribution in [-0.4, -0.2) is 57.9 Å². The second-order valence-electron chi connectivity index (χ2n) is 6.38. The summed E-state index contributed by atoms with van der Waals surface area (Å²) in [6.07, 6.45) is 0. The molecule has 27 heavy (non-hydrogen) atoms. The lowest BCUT2D eigenvalue weighted by Gasteiger charge is -2.32. The number of likely N-dealkylation sites (N-methyl/N-ethyl adjacent to an activating group) is 1. The van der Waals surface area contributed by atoms with Gasteiger partial charge in [0.15, 0.2) is 6.54 Å². The highest BCUT2D eigenvalue weighted by molar-refractivity contribution is 7.91. The first-order valence-corrected chi connectivity index (χ1v) is 11.2. The highest BCUT2D eigenvalue weighted by atomic mass is 32.2. The normalized spacial score (nSPS) is 16.4. The Bertz CT molecular complexity index is 862. The highest BCUT2D eigenvalue weighted by Gasteiger charge is 2.32. The van der Waals surface area contributed by atoms with E-state index in [1.165, 1.54) is 27.8 Å². The van der Waals surface area contributed by atoms with Crippen molar-refractivity contribution in [3.8, 4) is 0 Å². The van der Waals surface area contributed by atoms with Gasteiger partial charge in [-0.3, -0.25) is 4.79 Å². The molecule has 1 N–H and O–H groups in total. The smallest absolute Gasteiger partial charge is 0.282 e. The molecule has 2 aromatic rings. The number of nitrogens with one attached hydrogen (secondary N) is 1. The van der Waals surface area contributed by atoms with Crippen LogP contribution in [0.15, 0.2) is 46.0 Å². The maximum atomic E-state index is 13.1. The van der Waals surface area contributed by atoms with Crippen LogP contribution in [0.1, 0.15) is 6.92 Å². The number of hydrogen-bond donors (Lipinski definition) is 1. The summed E-state index contributed by atoms with van der Waals surface area (Å²) in [5, 5.41) is 1.75. The van der Waals surface area contributed by atoms with E-state index >= 15 is 0 Å². The van der Waals surface area contributed by atoms with Gasteiger partial charge in [0, 0.05) is 12.2 Å². The van der Waals surface area contributed by atoms with Crippen molar-refractivity contribution in [2.45, 2.75) is 11.1 Å². The van der Waals surface area contributed by atoms with E-state index in [1.54, 1.807) is 34.5 Å². The van der Waals surface area contributed by atoms with Crippen molar-refractivity contribution >= 4 is 33.0 Å². The summed E-state index contributed by atoms with van der Waals surface area (Å²) in [6, 6.07) is 9.21. The van der Waals surface area contributed by atoms with E-state index in [-0.39, 0.29) is 18.3 Å². The van der Waals surface area contributed by atoms with Gasteiger partial charge in [0.1, 0.15) is 10.0 Å². The largest absolute Gasteiger partial charge is 0.325 e. The molecular formula is C18H23FN3O3S2+. The van der Waals surface area contributed by atoms with E-state index in [1.807, 2.05) is 6.92 Å². The predicted octanol–water partition coefficient (Wildman–Crippen LogP) is 0.830. The first-order valence-electron chi connectivity index (χ1n) is 8.85. The fourth-order valence-electron chi connectivity index (χ4n) is 3.19. The number of benzene rings is 1. The zero-order chi connectivity index (χ0) is 19.4. The summed E-state index contributed by atoms with van der Waals surface area (Å²) in [5.74, 6) is -0.385. The van der Waals surface area contributed by atoms with E-state index in [2.05, 4.69) is 0 Å². The van der Waals surface area contributed by atoms with Crippen LogP contribution in [0.3, 0.4) is 0 Å². The van der Waals surface area contributed by atoms with Gasteiger partial charge in [0.05, 0.1) is 26.2 Å². The molecule has 1 aromatic heterocycles. The van der Waals surface area contributed by atoms with E-state index in [9.17, 15) is 17.6 Å². The summed E-state index contributed by atoms with van der Waals surface area (Å²) in [6.45, 7) is 4.61. The Balaban J connectivity index is 1.58. The van der Waals surface area contributed by atoms with Crippen LogP contribution in [0.4, 0.5) is 10.1 Å². The molecule has 2 heterocycles. The second kappa shape index (κ2) is 8.47. The third-order valence-corrected chi connectivity index (χ3v) is 7.95. The number of piperazine rings is 1. The standard InChI is InChI=1S/C18H22FN3O3S2/c1-2-22(16-7-5-15(19)6-8-16)17(23)14-20-9-11-21(12-10-20)27(24,25)18-4-3-13-26-18/h3-8,13H,2,9-12,14H2,1H3/p+1. The molecule has 9 heteroatoms. The van der Waals surface area contributed by atoms with Crippen LogP contribution in [-0.2, 0) is 14.8 Å². The minimum Gasteiger partial charge on any atom is -0.325 e. The summed E-state index contributed by atoms with van der Waals surface area (Å²) in [7, 11) is -3.43. The quantitative estimate of drug-likeness (QED) is 0.765. The average Bonchev–Trinajstić information content (AvgIpc) is 3.20. The summed E-state index contributed by atoms with van der Waals surface area (Å²) < 4.78 is 40.1. The van der Waals surface area contributed by atoms with Crippen LogP contribution in [0.2, 0.25) is 0 Å². The highest BCUT2D eigenvalue weighted by Crippen LogP contribution is 2.20. The molecular weight excluding hydrogens is 389 g/mol. The fraction of sp³-hybridized carbons (Fsp3) is 0.389. The molecule has 0 unspecified atom stereocenters. The first-order chi connectivity index (χ1) is 12.9. The van der Waals surface area contributed by atoms with Crippen molar-refractivity contribution in [2.75, 3.05) is 44.2 Å². The summed E-state index contributed by atoms with van der Waals surface area (Å²) in [5.41, 5.74) is 0.669. The third kappa shape index (κ3) is 4.55. The Morgan fingerprint density at radius 3 is 2.44 bits per heavy atom. The number of nitrogens with zero attached hydrogens (tertiary/aromatic N) is 2. The lowest BCUT2D eigenvalue weighted by atomic mass is 10.2. The molecule has 1 saturated heterocycles. The maximum absolute atomic E-state index is 13.1. The van der Waals surface area contributed by atoms with Gasteiger partial charge in [0.25, 0.3) is 15.9 Å². The molecule has 3 rings (SSSR count). The number of sulfonamides is 1. The maximum Gasteiger partial charge on any atom is 0.282 e. The van der Waals surface area contributed by atoms with Crippen molar-refractivity contribution in [2.24, 2.45) is 0 Å². The van der Waals surface area contributed by atoms with Gasteiger partial charge in [0.2, 0.25) is 0 Å². The van der Waals surface area contributed by atoms with Crippen LogP contribution in [0.25, 0.3) is 0 Å². The molecule has 0 spiro atoms. The predicted molar refractivity (Wildman–Crippen MR) is 103 cm³/mol. The minimum atomic E-state index is -3.43. The molecule has 0 radical (unpaired) electrons. The molecule has 1 fully saturated rings. The Kier molecular flexibility index (Phi) is 6.25. The van der Waals surface area contributed by atoms with Gasteiger partial charge in [-0.05, 0) is 42.6 Å². The average molecular weight is 413 g/mol. The van der Waals surface area contributed by atoms with E-state index < -0.39 is 10.0 Å². The molecule has 0 aliphatic carbocycles. The van der Waals surface area contributed by atoms with E-state index in [4.69, 9.17) is 0 Å². The van der Waals surface area contributed by atoms with Crippen molar-refractivity contribution in [1.82, 2.24) is 4.31 Å². The number of quaternary nitrogens is 1. The number of carbonyl (C=O) groups excluding carboxylic acids is 1. The van der Waals surface area contributed by atoms with Crippen molar-refractivity contribution in [1.29, 1.82) is 0 Å². The molecule has 1 amide bonds. The molecule has 1 aliphatic heterocycles. The SMILES string of the molecule is CCN(C(=O)C[NH+]1CCN(S(=O)(=O)c2cccs2)CC1)c1ccc(F)cc1. The zero-order valence-corrected chi connectivity index (χ0v) is 16.7. The number of amides is 1. The van der Waals surface area contributed by atoms with Gasteiger partial charge in [-0.2, -0.15) is 4.31 Å². The molecule has 0 bridgehead atoms. The van der Waals surface area contributed by atoms with E-state index in [0.29, 0.717) is 42.6 Å². The number of thiophene rings is 1. The number of rotatable bonds is 6. The van der Waals surface area contributed by atoms with Crippen molar-refractivity contribution in [3.05, 3.63) is 47.6 Å². The van der Waals surface area contributed by atoms with Crippen molar-refractivity contribution < 1.29 is 22.5 Å². The monoisotopic (exact) mass is 412 g/mol. The van der Waals surface area contributed by atoms with Gasteiger partial charge in [-0.15, -0.1) is 11.3 Å². The Hall–Kier alpha value is -1.81. The molecule has 146 valence electrons.